The summed E-state index contributed by atoms with van der Waals surface area (Å²) in [5.74, 6) is -0.0837. The summed E-state index contributed by atoms with van der Waals surface area (Å²) in [7, 11) is 0. The van der Waals surface area contributed by atoms with Crippen LogP contribution >= 0.6 is 0 Å². The van der Waals surface area contributed by atoms with Crippen LogP contribution in [-0.2, 0) is 17.8 Å². The second-order valence-corrected chi connectivity index (χ2v) is 5.37. The van der Waals surface area contributed by atoms with Gasteiger partial charge in [-0.2, -0.15) is 0 Å². The Morgan fingerprint density at radius 3 is 2.70 bits per heavy atom. The van der Waals surface area contributed by atoms with E-state index in [1.807, 2.05) is 20.0 Å². The molecule has 1 aromatic carbocycles. The van der Waals surface area contributed by atoms with E-state index in [9.17, 15) is 4.39 Å². The van der Waals surface area contributed by atoms with E-state index in [4.69, 9.17) is 9.47 Å². The second-order valence-electron chi connectivity index (χ2n) is 5.37. The molecule has 1 aliphatic rings. The van der Waals surface area contributed by atoms with Crippen molar-refractivity contribution in [2.45, 2.75) is 32.7 Å². The van der Waals surface area contributed by atoms with Crippen molar-refractivity contribution in [3.05, 3.63) is 59.2 Å². The predicted octanol–water partition coefficient (Wildman–Crippen LogP) is 3.46. The fourth-order valence-electron chi connectivity index (χ4n) is 2.28. The number of aromatic nitrogens is 1. The van der Waals surface area contributed by atoms with Crippen LogP contribution in [0.1, 0.15) is 30.5 Å². The van der Waals surface area contributed by atoms with Crippen LogP contribution in [0.25, 0.3) is 0 Å². The molecular weight excluding hydrogens is 257 g/mol. The van der Waals surface area contributed by atoms with Gasteiger partial charge in [0.1, 0.15) is 11.6 Å². The van der Waals surface area contributed by atoms with E-state index in [0.717, 1.165) is 22.4 Å². The van der Waals surface area contributed by atoms with Gasteiger partial charge < -0.3 is 9.47 Å². The number of halogens is 1. The molecule has 0 aliphatic carbocycles. The molecule has 1 aromatic heterocycles. The molecule has 0 saturated carbocycles. The molecule has 0 N–H and O–H groups in total. The standard InChI is InChI=1S/C16H16FNO2/c1-16(2)19-10-14-12(8-18-9-15(14)20-16)7-11-3-5-13(17)6-4-11/h3-6,8-9H,7,10H2,1-2H3. The molecule has 104 valence electrons. The van der Waals surface area contributed by atoms with Crippen molar-refractivity contribution in [2.24, 2.45) is 0 Å². The van der Waals surface area contributed by atoms with E-state index in [2.05, 4.69) is 4.98 Å². The minimum absolute atomic E-state index is 0.226. The number of hydrogen-bond donors (Lipinski definition) is 0. The van der Waals surface area contributed by atoms with E-state index >= 15 is 0 Å². The van der Waals surface area contributed by atoms with Crippen LogP contribution in [0.5, 0.6) is 5.75 Å². The predicted molar refractivity (Wildman–Crippen MR) is 72.9 cm³/mol. The van der Waals surface area contributed by atoms with E-state index in [1.54, 1.807) is 18.3 Å². The molecular formula is C16H16FNO2. The fourth-order valence-corrected chi connectivity index (χ4v) is 2.28. The van der Waals surface area contributed by atoms with Crippen LogP contribution in [0.15, 0.2) is 36.7 Å². The van der Waals surface area contributed by atoms with Gasteiger partial charge in [-0.1, -0.05) is 12.1 Å². The Labute approximate surface area is 117 Å². The van der Waals surface area contributed by atoms with Gasteiger partial charge in [0.2, 0.25) is 5.79 Å². The number of pyridine rings is 1. The monoisotopic (exact) mass is 273 g/mol. The topological polar surface area (TPSA) is 31.4 Å². The molecule has 3 rings (SSSR count). The van der Waals surface area contributed by atoms with E-state index in [0.29, 0.717) is 13.0 Å². The van der Waals surface area contributed by atoms with Gasteiger partial charge in [0, 0.05) is 25.6 Å². The summed E-state index contributed by atoms with van der Waals surface area (Å²) in [6, 6.07) is 6.49. The van der Waals surface area contributed by atoms with E-state index in [-0.39, 0.29) is 5.82 Å². The fraction of sp³-hybridized carbons (Fsp3) is 0.312. The lowest BCUT2D eigenvalue weighted by Crippen LogP contribution is -2.35. The normalized spacial score (nSPS) is 16.4. The summed E-state index contributed by atoms with van der Waals surface area (Å²) in [6.45, 7) is 4.26. The van der Waals surface area contributed by atoms with Gasteiger partial charge in [0.15, 0.2) is 0 Å². The van der Waals surface area contributed by atoms with Crippen LogP contribution in [0.4, 0.5) is 4.39 Å². The lowest BCUT2D eigenvalue weighted by Gasteiger charge is -2.33. The smallest absolute Gasteiger partial charge is 0.205 e. The summed E-state index contributed by atoms with van der Waals surface area (Å²) in [6.07, 6.45) is 4.21. The van der Waals surface area contributed by atoms with Gasteiger partial charge >= 0.3 is 0 Å². The average Bonchev–Trinajstić information content (AvgIpc) is 2.40. The van der Waals surface area contributed by atoms with E-state index in [1.165, 1.54) is 12.1 Å². The SMILES string of the molecule is CC1(C)OCc2c(Cc3ccc(F)cc3)cncc2O1. The average molecular weight is 273 g/mol. The van der Waals surface area contributed by atoms with Gasteiger partial charge in [0.05, 0.1) is 12.8 Å². The van der Waals surface area contributed by atoms with Crippen LogP contribution in [0, 0.1) is 5.82 Å². The molecule has 0 saturated heterocycles. The molecule has 20 heavy (non-hydrogen) atoms. The number of benzene rings is 1. The van der Waals surface area contributed by atoms with Crippen molar-refractivity contribution in [1.29, 1.82) is 0 Å². The quantitative estimate of drug-likeness (QED) is 0.839. The number of nitrogens with zero attached hydrogens (tertiary/aromatic N) is 1. The van der Waals surface area contributed by atoms with Gasteiger partial charge in [0.25, 0.3) is 0 Å². The highest BCUT2D eigenvalue weighted by atomic mass is 19.1. The first kappa shape index (κ1) is 13.1. The lowest BCUT2D eigenvalue weighted by atomic mass is 10.0. The third-order valence-corrected chi connectivity index (χ3v) is 3.33. The van der Waals surface area contributed by atoms with Crippen molar-refractivity contribution >= 4 is 0 Å². The minimum Gasteiger partial charge on any atom is -0.461 e. The Morgan fingerprint density at radius 1 is 1.20 bits per heavy atom. The first-order valence-electron chi connectivity index (χ1n) is 6.57. The van der Waals surface area contributed by atoms with E-state index < -0.39 is 5.79 Å². The molecule has 1 aliphatic heterocycles. The van der Waals surface area contributed by atoms with Crippen LogP contribution in [-0.4, -0.2) is 10.8 Å². The molecule has 0 fully saturated rings. The zero-order valence-corrected chi connectivity index (χ0v) is 11.5. The number of ether oxygens (including phenoxy) is 2. The number of hydrogen-bond acceptors (Lipinski definition) is 3. The summed E-state index contributed by atoms with van der Waals surface area (Å²) < 4.78 is 24.4. The summed E-state index contributed by atoms with van der Waals surface area (Å²) in [5.41, 5.74) is 3.10. The van der Waals surface area contributed by atoms with Crippen molar-refractivity contribution < 1.29 is 13.9 Å². The largest absolute Gasteiger partial charge is 0.461 e. The summed E-state index contributed by atoms with van der Waals surface area (Å²) in [5, 5.41) is 0. The van der Waals surface area contributed by atoms with Gasteiger partial charge in [-0.05, 0) is 29.7 Å². The number of rotatable bonds is 2. The molecule has 2 heterocycles. The maximum Gasteiger partial charge on any atom is 0.205 e. The van der Waals surface area contributed by atoms with Crippen molar-refractivity contribution in [3.63, 3.8) is 0 Å². The van der Waals surface area contributed by atoms with Crippen molar-refractivity contribution in [1.82, 2.24) is 4.98 Å². The van der Waals surface area contributed by atoms with Crippen molar-refractivity contribution in [3.8, 4) is 5.75 Å². The lowest BCUT2D eigenvalue weighted by molar-refractivity contribution is -0.180. The molecule has 2 aromatic rings. The molecule has 0 amide bonds. The summed E-state index contributed by atoms with van der Waals surface area (Å²) in [4.78, 5) is 4.22. The van der Waals surface area contributed by atoms with Gasteiger partial charge in [-0.25, -0.2) is 4.39 Å². The minimum atomic E-state index is -0.622. The second kappa shape index (κ2) is 4.87. The summed E-state index contributed by atoms with van der Waals surface area (Å²) >= 11 is 0. The first-order valence-corrected chi connectivity index (χ1v) is 6.57. The molecule has 0 atom stereocenters. The molecule has 3 nitrogen and oxygen atoms in total. The molecule has 4 heteroatoms. The Hall–Kier alpha value is -1.94. The highest BCUT2D eigenvalue weighted by molar-refractivity contribution is 5.40. The van der Waals surface area contributed by atoms with Gasteiger partial charge in [-0.15, -0.1) is 0 Å². The zero-order chi connectivity index (χ0) is 14.2. The molecule has 0 radical (unpaired) electrons. The Morgan fingerprint density at radius 2 is 1.95 bits per heavy atom. The molecule has 0 bridgehead atoms. The van der Waals surface area contributed by atoms with Gasteiger partial charge in [-0.3, -0.25) is 4.98 Å². The van der Waals surface area contributed by atoms with Crippen molar-refractivity contribution in [2.75, 3.05) is 0 Å². The first-order chi connectivity index (χ1) is 9.53. The molecule has 0 spiro atoms. The third kappa shape index (κ3) is 2.65. The number of fused-ring (bicyclic) bond motifs is 1. The maximum absolute atomic E-state index is 12.9. The maximum atomic E-state index is 12.9. The van der Waals surface area contributed by atoms with Crippen LogP contribution in [0.3, 0.4) is 0 Å². The Kier molecular flexibility index (Phi) is 3.18. The van der Waals surface area contributed by atoms with Crippen LogP contribution < -0.4 is 4.74 Å². The highest BCUT2D eigenvalue weighted by Crippen LogP contribution is 2.33. The Bertz CT molecular complexity index is 623. The highest BCUT2D eigenvalue weighted by Gasteiger charge is 2.28. The van der Waals surface area contributed by atoms with Crippen LogP contribution in [0.2, 0.25) is 0 Å². The zero-order valence-electron chi connectivity index (χ0n) is 11.5. The molecule has 0 unspecified atom stereocenters. The third-order valence-electron chi connectivity index (χ3n) is 3.33. The Balaban J connectivity index is 1.90.